The first-order valence-corrected chi connectivity index (χ1v) is 9.17. The first-order chi connectivity index (χ1) is 9.94. The summed E-state index contributed by atoms with van der Waals surface area (Å²) in [6, 6.07) is 0. The van der Waals surface area contributed by atoms with E-state index in [0.717, 1.165) is 38.5 Å². The van der Waals surface area contributed by atoms with E-state index in [1.54, 1.807) is 0 Å². The molecule has 2 unspecified atom stereocenters. The molecule has 2 nitrogen and oxygen atoms in total. The predicted octanol–water partition coefficient (Wildman–Crippen LogP) is 6.29. The Balaban J connectivity index is 4.87. The highest BCUT2D eigenvalue weighted by Crippen LogP contribution is 2.43. The van der Waals surface area contributed by atoms with Gasteiger partial charge in [0.25, 0.3) is 0 Å². The highest BCUT2D eigenvalue weighted by molar-refractivity contribution is 5.75. The van der Waals surface area contributed by atoms with Crippen LogP contribution >= 0.6 is 0 Å². The van der Waals surface area contributed by atoms with Crippen LogP contribution < -0.4 is 0 Å². The van der Waals surface area contributed by atoms with Gasteiger partial charge in [-0.3, -0.25) is 4.79 Å². The van der Waals surface area contributed by atoms with Crippen LogP contribution in [0.2, 0.25) is 0 Å². The van der Waals surface area contributed by atoms with Crippen LogP contribution in [0.4, 0.5) is 0 Å². The Morgan fingerprint density at radius 3 is 2.05 bits per heavy atom. The van der Waals surface area contributed by atoms with Crippen LogP contribution in [0.3, 0.4) is 0 Å². The molecule has 0 aliphatic heterocycles. The maximum Gasteiger partial charge on any atom is 0.309 e. The average molecular weight is 299 g/mol. The summed E-state index contributed by atoms with van der Waals surface area (Å²) in [6.07, 6.45) is 10.8. The Morgan fingerprint density at radius 1 is 1.00 bits per heavy atom. The van der Waals surface area contributed by atoms with Crippen molar-refractivity contribution in [1.82, 2.24) is 0 Å². The molecule has 0 fully saturated rings. The molecule has 2 heteroatoms. The van der Waals surface area contributed by atoms with Gasteiger partial charge in [0.1, 0.15) is 0 Å². The summed E-state index contributed by atoms with van der Waals surface area (Å²) >= 11 is 0. The normalized spacial score (nSPS) is 15.9. The molecule has 0 spiro atoms. The lowest BCUT2D eigenvalue weighted by atomic mass is 9.65. The summed E-state index contributed by atoms with van der Waals surface area (Å²) in [5.74, 6) is 0.350. The van der Waals surface area contributed by atoms with Crippen LogP contribution in [0.25, 0.3) is 0 Å². The average Bonchev–Trinajstić information content (AvgIpc) is 2.42. The van der Waals surface area contributed by atoms with Gasteiger partial charge in [0.15, 0.2) is 0 Å². The second kappa shape index (κ2) is 11.1. The van der Waals surface area contributed by atoms with Gasteiger partial charge in [-0.1, -0.05) is 73.1 Å². The van der Waals surface area contributed by atoms with Crippen LogP contribution in [-0.2, 0) is 4.79 Å². The van der Waals surface area contributed by atoms with Crippen LogP contribution in [0.5, 0.6) is 0 Å². The van der Waals surface area contributed by atoms with Crippen LogP contribution in [0.15, 0.2) is 0 Å². The van der Waals surface area contributed by atoms with E-state index in [2.05, 4.69) is 34.6 Å². The van der Waals surface area contributed by atoms with Crippen molar-refractivity contribution in [2.24, 2.45) is 17.3 Å². The third kappa shape index (κ3) is 6.84. The zero-order chi connectivity index (χ0) is 16.3. The maximum absolute atomic E-state index is 12.1. The largest absolute Gasteiger partial charge is 0.481 e. The molecule has 21 heavy (non-hydrogen) atoms. The van der Waals surface area contributed by atoms with Crippen molar-refractivity contribution in [1.29, 1.82) is 0 Å². The van der Waals surface area contributed by atoms with Crippen molar-refractivity contribution in [3.63, 3.8) is 0 Å². The van der Waals surface area contributed by atoms with Crippen LogP contribution in [0.1, 0.15) is 98.8 Å². The number of carboxylic acid groups (broad SMARTS) is 1. The molecule has 0 rings (SSSR count). The fraction of sp³-hybridized carbons (Fsp3) is 0.947. The van der Waals surface area contributed by atoms with Crippen molar-refractivity contribution >= 4 is 5.97 Å². The van der Waals surface area contributed by atoms with E-state index in [1.165, 1.54) is 25.7 Å². The molecule has 0 bridgehead atoms. The molecule has 126 valence electrons. The molecule has 0 aliphatic rings. The number of rotatable bonds is 13. The quantitative estimate of drug-likeness (QED) is 0.406. The van der Waals surface area contributed by atoms with Gasteiger partial charge < -0.3 is 5.11 Å². The summed E-state index contributed by atoms with van der Waals surface area (Å²) in [5.41, 5.74) is -0.494. The predicted molar refractivity (Wildman–Crippen MR) is 91.6 cm³/mol. The fourth-order valence-electron chi connectivity index (χ4n) is 3.68. The van der Waals surface area contributed by atoms with Gasteiger partial charge in [0, 0.05) is 0 Å². The molecular formula is C19H38O2. The van der Waals surface area contributed by atoms with E-state index >= 15 is 0 Å². The molecule has 0 amide bonds. The minimum Gasteiger partial charge on any atom is -0.481 e. The van der Waals surface area contributed by atoms with Gasteiger partial charge in [0.2, 0.25) is 0 Å². The number of carbonyl (C=O) groups is 1. The van der Waals surface area contributed by atoms with E-state index in [1.807, 2.05) is 0 Å². The lowest BCUT2D eigenvalue weighted by Gasteiger charge is -2.38. The summed E-state index contributed by atoms with van der Waals surface area (Å²) in [5, 5.41) is 9.94. The molecule has 0 saturated carbocycles. The fourth-order valence-corrected chi connectivity index (χ4v) is 3.68. The summed E-state index contributed by atoms with van der Waals surface area (Å²) in [6.45, 7) is 10.9. The highest BCUT2D eigenvalue weighted by atomic mass is 16.4. The molecule has 1 N–H and O–H groups in total. The Morgan fingerprint density at radius 2 is 1.62 bits per heavy atom. The van der Waals surface area contributed by atoms with Crippen molar-refractivity contribution in [3.05, 3.63) is 0 Å². The van der Waals surface area contributed by atoms with Gasteiger partial charge in [-0.25, -0.2) is 0 Å². The summed E-state index contributed by atoms with van der Waals surface area (Å²) < 4.78 is 0. The molecule has 0 saturated heterocycles. The van der Waals surface area contributed by atoms with E-state index in [9.17, 15) is 9.90 Å². The van der Waals surface area contributed by atoms with E-state index in [-0.39, 0.29) is 0 Å². The third-order valence-electron chi connectivity index (χ3n) is 4.96. The Kier molecular flexibility index (Phi) is 10.8. The standard InChI is InChI=1S/C19H38O2/c1-6-9-10-11-12-14-19(8-3,18(20)21)17(13-7-2)15-16(4)5/h16-17H,6-15H2,1-5H3,(H,20,21). The van der Waals surface area contributed by atoms with Crippen LogP contribution in [0, 0.1) is 17.3 Å². The minimum absolute atomic E-state index is 0.330. The number of hydrogen-bond donors (Lipinski definition) is 1. The van der Waals surface area contributed by atoms with Crippen LogP contribution in [-0.4, -0.2) is 11.1 Å². The SMILES string of the molecule is CCCCCCCC(CC)(C(=O)O)C(CCC)CC(C)C. The van der Waals surface area contributed by atoms with Gasteiger partial charge in [-0.2, -0.15) is 0 Å². The molecule has 2 atom stereocenters. The first kappa shape index (κ1) is 20.5. The third-order valence-corrected chi connectivity index (χ3v) is 4.96. The van der Waals surface area contributed by atoms with E-state index < -0.39 is 11.4 Å². The highest BCUT2D eigenvalue weighted by Gasteiger charge is 2.43. The first-order valence-electron chi connectivity index (χ1n) is 9.17. The molecular weight excluding hydrogens is 260 g/mol. The molecule has 0 aromatic heterocycles. The van der Waals surface area contributed by atoms with E-state index in [0.29, 0.717) is 11.8 Å². The number of carboxylic acids is 1. The molecule has 0 radical (unpaired) electrons. The Labute approximate surface area is 132 Å². The Bertz CT molecular complexity index is 273. The smallest absolute Gasteiger partial charge is 0.309 e. The molecule has 0 aliphatic carbocycles. The zero-order valence-electron chi connectivity index (χ0n) is 15.1. The number of unbranched alkanes of at least 4 members (excludes halogenated alkanes) is 4. The van der Waals surface area contributed by atoms with Gasteiger partial charge in [0.05, 0.1) is 5.41 Å². The van der Waals surface area contributed by atoms with Crippen molar-refractivity contribution in [2.45, 2.75) is 98.8 Å². The van der Waals surface area contributed by atoms with Gasteiger partial charge >= 0.3 is 5.97 Å². The van der Waals surface area contributed by atoms with Crippen molar-refractivity contribution in [3.8, 4) is 0 Å². The summed E-state index contributed by atoms with van der Waals surface area (Å²) in [7, 11) is 0. The van der Waals surface area contributed by atoms with Gasteiger partial charge in [-0.15, -0.1) is 0 Å². The topological polar surface area (TPSA) is 37.3 Å². The zero-order valence-corrected chi connectivity index (χ0v) is 15.1. The lowest BCUT2D eigenvalue weighted by Crippen LogP contribution is -2.39. The summed E-state index contributed by atoms with van der Waals surface area (Å²) in [4.78, 5) is 12.1. The maximum atomic E-state index is 12.1. The monoisotopic (exact) mass is 298 g/mol. The molecule has 0 aromatic carbocycles. The molecule has 0 aromatic rings. The molecule has 0 heterocycles. The Hall–Kier alpha value is -0.530. The van der Waals surface area contributed by atoms with Crippen molar-refractivity contribution in [2.75, 3.05) is 0 Å². The van der Waals surface area contributed by atoms with Crippen molar-refractivity contribution < 1.29 is 9.90 Å². The van der Waals surface area contributed by atoms with E-state index in [4.69, 9.17) is 0 Å². The van der Waals surface area contributed by atoms with Gasteiger partial charge in [-0.05, 0) is 37.5 Å². The minimum atomic E-state index is -0.556. The number of aliphatic carboxylic acids is 1. The second-order valence-corrected chi connectivity index (χ2v) is 7.09. The second-order valence-electron chi connectivity index (χ2n) is 7.09. The number of hydrogen-bond acceptors (Lipinski definition) is 1. The lowest BCUT2D eigenvalue weighted by molar-refractivity contribution is -0.154.